The van der Waals surface area contributed by atoms with Gasteiger partial charge in [-0.1, -0.05) is 19.9 Å². The number of pyridine rings is 1. The predicted molar refractivity (Wildman–Crippen MR) is 83.9 cm³/mol. The number of hydrogen-bond acceptors (Lipinski definition) is 4. The second kappa shape index (κ2) is 7.64. The molecule has 1 heterocycles. The maximum absolute atomic E-state index is 5.95. The molecule has 0 unspecified atom stereocenters. The molecule has 2 aromatic rings. The normalized spacial score (nSPS) is 10.7. The molecular formula is C17H22N2O2. The molecule has 0 fully saturated rings. The molecule has 0 bridgehead atoms. The Morgan fingerprint density at radius 2 is 2.00 bits per heavy atom. The minimum absolute atomic E-state index is 0.423. The summed E-state index contributed by atoms with van der Waals surface area (Å²) in [4.78, 5) is 4.14. The van der Waals surface area contributed by atoms with Crippen molar-refractivity contribution in [3.63, 3.8) is 0 Å². The Hall–Kier alpha value is -2.07. The van der Waals surface area contributed by atoms with E-state index in [1.165, 1.54) is 0 Å². The van der Waals surface area contributed by atoms with Gasteiger partial charge in [0.25, 0.3) is 0 Å². The van der Waals surface area contributed by atoms with E-state index >= 15 is 0 Å². The zero-order valence-electron chi connectivity index (χ0n) is 12.8. The van der Waals surface area contributed by atoms with Crippen LogP contribution >= 0.6 is 0 Å². The van der Waals surface area contributed by atoms with Gasteiger partial charge in [0.05, 0.1) is 12.8 Å². The topological polar surface area (TPSA) is 43.4 Å². The van der Waals surface area contributed by atoms with E-state index in [0.717, 1.165) is 29.4 Å². The van der Waals surface area contributed by atoms with Crippen LogP contribution in [0.5, 0.6) is 17.2 Å². The first-order valence-electron chi connectivity index (χ1n) is 7.26. The summed E-state index contributed by atoms with van der Waals surface area (Å²) in [6.07, 6.45) is 3.52. The van der Waals surface area contributed by atoms with E-state index in [0.29, 0.717) is 12.6 Å². The molecule has 0 aliphatic carbocycles. The fraction of sp³-hybridized carbons (Fsp3) is 0.353. The van der Waals surface area contributed by atoms with E-state index in [-0.39, 0.29) is 0 Å². The highest BCUT2D eigenvalue weighted by molar-refractivity contribution is 5.39. The molecule has 0 saturated carbocycles. The van der Waals surface area contributed by atoms with Gasteiger partial charge in [0.2, 0.25) is 0 Å². The Balaban J connectivity index is 2.13. The van der Waals surface area contributed by atoms with Crippen LogP contribution in [0.2, 0.25) is 0 Å². The molecule has 112 valence electrons. The highest BCUT2D eigenvalue weighted by Crippen LogP contribution is 2.27. The van der Waals surface area contributed by atoms with Crippen LogP contribution in [0.4, 0.5) is 0 Å². The smallest absolute Gasteiger partial charge is 0.150 e. The lowest BCUT2D eigenvalue weighted by molar-refractivity contribution is 0.338. The highest BCUT2D eigenvalue weighted by atomic mass is 16.5. The maximum Gasteiger partial charge on any atom is 0.150 e. The van der Waals surface area contributed by atoms with Crippen molar-refractivity contribution in [2.24, 2.45) is 0 Å². The maximum atomic E-state index is 5.95. The number of nitrogens with zero attached hydrogens (tertiary/aromatic N) is 1. The van der Waals surface area contributed by atoms with E-state index in [1.54, 1.807) is 12.4 Å². The molecule has 1 aromatic carbocycles. The Morgan fingerprint density at radius 1 is 1.19 bits per heavy atom. The van der Waals surface area contributed by atoms with Crippen LogP contribution in [0, 0.1) is 0 Å². The molecule has 1 aromatic heterocycles. The SMILES string of the molecule is CCOc1cccc(Oc2cnccc2CNC(C)C)c1. The number of ether oxygens (including phenoxy) is 2. The van der Waals surface area contributed by atoms with Crippen molar-refractivity contribution in [1.82, 2.24) is 10.3 Å². The third-order valence-corrected chi connectivity index (χ3v) is 2.92. The Bertz CT molecular complexity index is 570. The molecule has 0 radical (unpaired) electrons. The molecule has 1 N–H and O–H groups in total. The van der Waals surface area contributed by atoms with Crippen molar-refractivity contribution in [2.45, 2.75) is 33.4 Å². The molecule has 0 saturated heterocycles. The fourth-order valence-corrected chi connectivity index (χ4v) is 1.88. The van der Waals surface area contributed by atoms with Crippen LogP contribution < -0.4 is 14.8 Å². The molecule has 0 atom stereocenters. The first-order valence-corrected chi connectivity index (χ1v) is 7.26. The van der Waals surface area contributed by atoms with Gasteiger partial charge in [0, 0.05) is 30.4 Å². The Labute approximate surface area is 126 Å². The summed E-state index contributed by atoms with van der Waals surface area (Å²) < 4.78 is 11.4. The average molecular weight is 286 g/mol. The number of aromatic nitrogens is 1. The van der Waals surface area contributed by atoms with Crippen molar-refractivity contribution in [2.75, 3.05) is 6.61 Å². The summed E-state index contributed by atoms with van der Waals surface area (Å²) in [5.74, 6) is 2.32. The summed E-state index contributed by atoms with van der Waals surface area (Å²) >= 11 is 0. The highest BCUT2D eigenvalue weighted by Gasteiger charge is 2.06. The van der Waals surface area contributed by atoms with Gasteiger partial charge in [-0.25, -0.2) is 0 Å². The van der Waals surface area contributed by atoms with E-state index in [4.69, 9.17) is 9.47 Å². The molecule has 0 aliphatic rings. The van der Waals surface area contributed by atoms with Gasteiger partial charge in [-0.3, -0.25) is 4.98 Å². The van der Waals surface area contributed by atoms with Crippen molar-refractivity contribution in [3.8, 4) is 17.2 Å². The molecule has 0 aliphatic heterocycles. The molecular weight excluding hydrogens is 264 g/mol. The minimum Gasteiger partial charge on any atom is -0.494 e. The summed E-state index contributed by atoms with van der Waals surface area (Å²) in [6, 6.07) is 10.0. The van der Waals surface area contributed by atoms with Crippen LogP contribution in [-0.4, -0.2) is 17.6 Å². The van der Waals surface area contributed by atoms with E-state index in [1.807, 2.05) is 37.3 Å². The standard InChI is InChI=1S/C17H22N2O2/c1-4-20-15-6-5-7-16(10-15)21-17-12-18-9-8-14(17)11-19-13(2)3/h5-10,12-13,19H,4,11H2,1-3H3. The predicted octanol–water partition coefficient (Wildman–Crippen LogP) is 3.77. The molecule has 0 spiro atoms. The lowest BCUT2D eigenvalue weighted by Crippen LogP contribution is -2.22. The van der Waals surface area contributed by atoms with E-state index in [2.05, 4.69) is 24.1 Å². The minimum atomic E-state index is 0.423. The van der Waals surface area contributed by atoms with Gasteiger partial charge in [-0.2, -0.15) is 0 Å². The second-order valence-corrected chi connectivity index (χ2v) is 5.03. The quantitative estimate of drug-likeness (QED) is 0.841. The second-order valence-electron chi connectivity index (χ2n) is 5.03. The summed E-state index contributed by atoms with van der Waals surface area (Å²) in [7, 11) is 0. The van der Waals surface area contributed by atoms with Crippen molar-refractivity contribution in [1.29, 1.82) is 0 Å². The van der Waals surface area contributed by atoms with Crippen LogP contribution in [0.3, 0.4) is 0 Å². The lowest BCUT2D eigenvalue weighted by Gasteiger charge is -2.13. The van der Waals surface area contributed by atoms with Crippen LogP contribution in [-0.2, 0) is 6.54 Å². The first-order chi connectivity index (χ1) is 10.2. The summed E-state index contributed by atoms with van der Waals surface area (Å²) in [5.41, 5.74) is 1.08. The monoisotopic (exact) mass is 286 g/mol. The third-order valence-electron chi connectivity index (χ3n) is 2.92. The van der Waals surface area contributed by atoms with Crippen LogP contribution in [0.1, 0.15) is 26.3 Å². The Morgan fingerprint density at radius 3 is 2.76 bits per heavy atom. The zero-order chi connectivity index (χ0) is 15.1. The molecule has 2 rings (SSSR count). The van der Waals surface area contributed by atoms with E-state index in [9.17, 15) is 0 Å². The number of nitrogens with one attached hydrogen (secondary N) is 1. The van der Waals surface area contributed by atoms with Gasteiger partial charge in [0.15, 0.2) is 0 Å². The van der Waals surface area contributed by atoms with Gasteiger partial charge in [-0.05, 0) is 25.1 Å². The molecule has 4 heteroatoms. The number of benzene rings is 1. The first kappa shape index (κ1) is 15.3. The van der Waals surface area contributed by atoms with Crippen LogP contribution in [0.25, 0.3) is 0 Å². The largest absolute Gasteiger partial charge is 0.494 e. The van der Waals surface area contributed by atoms with Gasteiger partial charge >= 0.3 is 0 Å². The average Bonchev–Trinajstić information content (AvgIpc) is 2.47. The third kappa shape index (κ3) is 4.76. The van der Waals surface area contributed by atoms with Crippen molar-refractivity contribution < 1.29 is 9.47 Å². The molecule has 0 amide bonds. The molecule has 21 heavy (non-hydrogen) atoms. The fourth-order valence-electron chi connectivity index (χ4n) is 1.88. The van der Waals surface area contributed by atoms with Crippen molar-refractivity contribution >= 4 is 0 Å². The van der Waals surface area contributed by atoms with E-state index < -0.39 is 0 Å². The summed E-state index contributed by atoms with van der Waals surface area (Å²) in [6.45, 7) is 7.59. The zero-order valence-corrected chi connectivity index (χ0v) is 12.8. The van der Waals surface area contributed by atoms with Crippen LogP contribution in [0.15, 0.2) is 42.7 Å². The Kier molecular flexibility index (Phi) is 5.58. The summed E-state index contributed by atoms with van der Waals surface area (Å²) in [5, 5.41) is 3.39. The molecule has 4 nitrogen and oxygen atoms in total. The van der Waals surface area contributed by atoms with Gasteiger partial charge < -0.3 is 14.8 Å². The van der Waals surface area contributed by atoms with Gasteiger partial charge in [0.1, 0.15) is 17.2 Å². The number of hydrogen-bond donors (Lipinski definition) is 1. The lowest BCUT2D eigenvalue weighted by atomic mass is 10.2. The number of rotatable bonds is 7. The van der Waals surface area contributed by atoms with Gasteiger partial charge in [-0.15, -0.1) is 0 Å². The van der Waals surface area contributed by atoms with Crippen molar-refractivity contribution in [3.05, 3.63) is 48.3 Å².